The van der Waals surface area contributed by atoms with Crippen molar-refractivity contribution in [2.75, 3.05) is 26.7 Å². The van der Waals surface area contributed by atoms with Crippen molar-refractivity contribution in [3.63, 3.8) is 0 Å². The van der Waals surface area contributed by atoms with Crippen LogP contribution < -0.4 is 5.73 Å². The Bertz CT molecular complexity index is 317. The Kier molecular flexibility index (Phi) is 4.49. The second-order valence-electron chi connectivity index (χ2n) is 5.28. The molecule has 1 fully saturated rings. The van der Waals surface area contributed by atoms with Gasteiger partial charge in [0.2, 0.25) is 5.91 Å². The molecule has 17 heavy (non-hydrogen) atoms. The highest BCUT2D eigenvalue weighted by Crippen LogP contribution is 2.22. The lowest BCUT2D eigenvalue weighted by Gasteiger charge is -2.41. The molecule has 5 heteroatoms. The van der Waals surface area contributed by atoms with E-state index in [-0.39, 0.29) is 10.9 Å². The van der Waals surface area contributed by atoms with Crippen LogP contribution in [-0.2, 0) is 4.79 Å². The highest BCUT2D eigenvalue weighted by atomic mass is 32.1. The van der Waals surface area contributed by atoms with Gasteiger partial charge in [0.25, 0.3) is 0 Å². The molecule has 2 N–H and O–H groups in total. The monoisotopic (exact) mass is 257 g/mol. The Hall–Kier alpha value is -0.680. The molecule has 1 aliphatic rings. The highest BCUT2D eigenvalue weighted by Gasteiger charge is 2.37. The van der Waals surface area contributed by atoms with Crippen LogP contribution in [0.3, 0.4) is 0 Å². The van der Waals surface area contributed by atoms with E-state index in [0.717, 1.165) is 26.1 Å². The van der Waals surface area contributed by atoms with E-state index in [1.54, 1.807) is 13.8 Å². The van der Waals surface area contributed by atoms with Crippen LogP contribution in [0.4, 0.5) is 0 Å². The zero-order valence-corrected chi connectivity index (χ0v) is 12.0. The fourth-order valence-electron chi connectivity index (χ4n) is 2.07. The van der Waals surface area contributed by atoms with E-state index in [0.29, 0.717) is 6.04 Å². The van der Waals surface area contributed by atoms with E-state index in [1.165, 1.54) is 0 Å². The molecule has 98 valence electrons. The average molecular weight is 257 g/mol. The van der Waals surface area contributed by atoms with Crippen LogP contribution in [0.5, 0.6) is 0 Å². The molecule has 0 bridgehead atoms. The summed E-state index contributed by atoms with van der Waals surface area (Å²) in [6.45, 7) is 8.20. The number of thiocarbonyl (C=S) groups is 1. The number of likely N-dealkylation sites (N-methyl/N-ethyl adjacent to an activating group) is 1. The first-order chi connectivity index (χ1) is 7.80. The summed E-state index contributed by atoms with van der Waals surface area (Å²) in [4.78, 5) is 16.8. The lowest BCUT2D eigenvalue weighted by molar-refractivity contribution is -0.139. The number of nitrogens with zero attached hydrogens (tertiary/aromatic N) is 2. The van der Waals surface area contributed by atoms with Crippen molar-refractivity contribution in [3.8, 4) is 0 Å². The van der Waals surface area contributed by atoms with Crippen molar-refractivity contribution in [1.29, 1.82) is 0 Å². The predicted octanol–water partition coefficient (Wildman–Crippen LogP) is 0.851. The molecule has 0 aromatic heterocycles. The zero-order valence-electron chi connectivity index (χ0n) is 11.2. The van der Waals surface area contributed by atoms with Crippen LogP contribution in [0.15, 0.2) is 0 Å². The first kappa shape index (κ1) is 14.4. The third kappa shape index (κ3) is 2.96. The van der Waals surface area contributed by atoms with E-state index >= 15 is 0 Å². The molecular weight excluding hydrogens is 234 g/mol. The van der Waals surface area contributed by atoms with E-state index in [1.807, 2.05) is 4.90 Å². The summed E-state index contributed by atoms with van der Waals surface area (Å²) >= 11 is 4.98. The molecule has 0 aliphatic carbocycles. The minimum Gasteiger partial charge on any atom is -0.392 e. The van der Waals surface area contributed by atoms with Crippen LogP contribution in [0.25, 0.3) is 0 Å². The summed E-state index contributed by atoms with van der Waals surface area (Å²) in [5.74, 6) is 0.0524. The quantitative estimate of drug-likeness (QED) is 0.762. The summed E-state index contributed by atoms with van der Waals surface area (Å²) in [5, 5.41) is 0. The number of hydrogen-bond donors (Lipinski definition) is 1. The van der Waals surface area contributed by atoms with Crippen molar-refractivity contribution < 1.29 is 4.79 Å². The number of amides is 1. The average Bonchev–Trinajstić information content (AvgIpc) is 2.28. The van der Waals surface area contributed by atoms with Gasteiger partial charge in [0.05, 0.1) is 10.4 Å². The molecule has 1 unspecified atom stereocenters. The zero-order chi connectivity index (χ0) is 13.2. The Morgan fingerprint density at radius 1 is 1.47 bits per heavy atom. The van der Waals surface area contributed by atoms with Crippen molar-refractivity contribution in [2.45, 2.75) is 33.2 Å². The topological polar surface area (TPSA) is 49.6 Å². The maximum Gasteiger partial charge on any atom is 0.235 e. The lowest BCUT2D eigenvalue weighted by atomic mass is 9.91. The van der Waals surface area contributed by atoms with Gasteiger partial charge in [-0.05, 0) is 27.3 Å². The van der Waals surface area contributed by atoms with Crippen LogP contribution in [0.1, 0.15) is 27.2 Å². The second-order valence-corrected chi connectivity index (χ2v) is 5.72. The molecular formula is C12H23N3OS. The van der Waals surface area contributed by atoms with Gasteiger partial charge in [-0.25, -0.2) is 0 Å². The molecule has 0 radical (unpaired) electrons. The van der Waals surface area contributed by atoms with Crippen LogP contribution in [0, 0.1) is 5.41 Å². The predicted molar refractivity (Wildman–Crippen MR) is 73.9 cm³/mol. The van der Waals surface area contributed by atoms with E-state index in [9.17, 15) is 4.79 Å². The first-order valence-electron chi connectivity index (χ1n) is 6.10. The normalized spacial score (nSPS) is 22.6. The highest BCUT2D eigenvalue weighted by molar-refractivity contribution is 7.80. The fourth-order valence-corrected chi connectivity index (χ4v) is 2.16. The largest absolute Gasteiger partial charge is 0.392 e. The van der Waals surface area contributed by atoms with Gasteiger partial charge in [0, 0.05) is 25.7 Å². The van der Waals surface area contributed by atoms with Crippen molar-refractivity contribution >= 4 is 23.1 Å². The summed E-state index contributed by atoms with van der Waals surface area (Å²) in [6, 6.07) is 0.440. The Balaban J connectivity index is 2.75. The smallest absolute Gasteiger partial charge is 0.235 e. The van der Waals surface area contributed by atoms with Crippen molar-refractivity contribution in [3.05, 3.63) is 0 Å². The SMILES string of the molecule is CCC1CN(C(=O)C(C)(C)C(N)=S)CCN1C. The maximum atomic E-state index is 12.4. The summed E-state index contributed by atoms with van der Waals surface area (Å²) in [7, 11) is 2.11. The first-order valence-corrected chi connectivity index (χ1v) is 6.51. The number of rotatable bonds is 3. The minimum atomic E-state index is -0.733. The number of nitrogens with two attached hydrogens (primary N) is 1. The van der Waals surface area contributed by atoms with Gasteiger partial charge in [0.1, 0.15) is 0 Å². The van der Waals surface area contributed by atoms with Gasteiger partial charge >= 0.3 is 0 Å². The Labute approximate surface area is 109 Å². The van der Waals surface area contributed by atoms with E-state index in [2.05, 4.69) is 18.9 Å². The second kappa shape index (κ2) is 5.31. The number of hydrogen-bond acceptors (Lipinski definition) is 3. The van der Waals surface area contributed by atoms with Crippen molar-refractivity contribution in [1.82, 2.24) is 9.80 Å². The molecule has 1 aliphatic heterocycles. The minimum absolute atomic E-state index is 0.0524. The van der Waals surface area contributed by atoms with Gasteiger partial charge in [-0.2, -0.15) is 0 Å². The molecule has 1 rings (SSSR count). The van der Waals surface area contributed by atoms with Gasteiger partial charge < -0.3 is 10.6 Å². The third-order valence-electron chi connectivity index (χ3n) is 3.69. The molecule has 0 aromatic rings. The van der Waals surface area contributed by atoms with Gasteiger partial charge in [0.15, 0.2) is 0 Å². The maximum absolute atomic E-state index is 12.4. The van der Waals surface area contributed by atoms with Crippen LogP contribution in [-0.4, -0.2) is 53.4 Å². The molecule has 4 nitrogen and oxygen atoms in total. The number of carbonyl (C=O) groups is 1. The van der Waals surface area contributed by atoms with Gasteiger partial charge in [-0.15, -0.1) is 0 Å². The van der Waals surface area contributed by atoms with Gasteiger partial charge in [-0.1, -0.05) is 19.1 Å². The van der Waals surface area contributed by atoms with Crippen LogP contribution in [0.2, 0.25) is 0 Å². The van der Waals surface area contributed by atoms with E-state index < -0.39 is 5.41 Å². The molecule has 0 spiro atoms. The molecule has 1 amide bonds. The third-order valence-corrected chi connectivity index (χ3v) is 4.20. The standard InChI is InChI=1S/C12H23N3OS/c1-5-9-8-15(7-6-14(9)4)11(16)12(2,3)10(13)17/h9H,5-8H2,1-4H3,(H2,13,17). The molecule has 0 aromatic carbocycles. The van der Waals surface area contributed by atoms with Gasteiger partial charge in [-0.3, -0.25) is 9.69 Å². The lowest BCUT2D eigenvalue weighted by Crippen LogP contribution is -2.57. The molecule has 1 atom stereocenters. The van der Waals surface area contributed by atoms with Crippen LogP contribution >= 0.6 is 12.2 Å². The molecule has 0 saturated carbocycles. The number of carbonyl (C=O) groups excluding carboxylic acids is 1. The fraction of sp³-hybridized carbons (Fsp3) is 0.833. The molecule has 1 heterocycles. The molecule has 1 saturated heterocycles. The van der Waals surface area contributed by atoms with E-state index in [4.69, 9.17) is 18.0 Å². The Morgan fingerprint density at radius 2 is 2.06 bits per heavy atom. The Morgan fingerprint density at radius 3 is 2.53 bits per heavy atom. The summed E-state index contributed by atoms with van der Waals surface area (Å²) in [5.41, 5.74) is 4.91. The summed E-state index contributed by atoms with van der Waals surface area (Å²) in [6.07, 6.45) is 1.05. The summed E-state index contributed by atoms with van der Waals surface area (Å²) < 4.78 is 0. The van der Waals surface area contributed by atoms with Crippen molar-refractivity contribution in [2.24, 2.45) is 11.1 Å². The number of piperazine rings is 1.